The monoisotopic (exact) mass is 588 g/mol. The molecular formula is C28H36N4O6S2. The molecule has 0 bridgehead atoms. The first-order valence-corrected chi connectivity index (χ1v) is 16.5. The van der Waals surface area contributed by atoms with E-state index in [1.54, 1.807) is 0 Å². The summed E-state index contributed by atoms with van der Waals surface area (Å²) in [6, 6.07) is 8.80. The lowest BCUT2D eigenvalue weighted by molar-refractivity contribution is 0.222. The third kappa shape index (κ3) is 4.95. The van der Waals surface area contributed by atoms with Gasteiger partial charge in [-0.25, -0.2) is 16.8 Å². The predicted octanol–water partition coefficient (Wildman–Crippen LogP) is 3.79. The molecule has 4 atom stereocenters. The number of oxime groups is 2. The molecule has 216 valence electrons. The zero-order valence-corrected chi connectivity index (χ0v) is 24.8. The second kappa shape index (κ2) is 10.6. The van der Waals surface area contributed by atoms with Crippen LogP contribution in [0, 0.1) is 23.7 Å². The van der Waals surface area contributed by atoms with E-state index in [2.05, 4.69) is 10.3 Å². The maximum Gasteiger partial charge on any atom is 0.243 e. The second-order valence-electron chi connectivity index (χ2n) is 11.8. The molecule has 0 amide bonds. The Labute approximate surface area is 236 Å². The van der Waals surface area contributed by atoms with Gasteiger partial charge in [0.25, 0.3) is 0 Å². The van der Waals surface area contributed by atoms with Crippen LogP contribution >= 0.6 is 0 Å². The smallest absolute Gasteiger partial charge is 0.243 e. The molecule has 10 nitrogen and oxygen atoms in total. The maximum absolute atomic E-state index is 13.6. The average Bonchev–Trinajstić information content (AvgIpc) is 2.89. The number of hydrogen-bond acceptors (Lipinski definition) is 8. The third-order valence-corrected chi connectivity index (χ3v) is 11.8. The fourth-order valence-electron chi connectivity index (χ4n) is 6.58. The standard InChI is InChI=1S/C28H36N4O6S2/c1-17-9-18(2)14-31(13-17)39(35,36)21-5-7-23-25(11-21)28(30-34)26-12-22(6-8-24(26)27(23)29-33)40(37,38)32-15-19(3)10-20(4)16-32/h5-8,11-12,17-20,33-34H,9-10,13-16H2,1-4H3/t17-,18+,19-,20+. The third-order valence-electron chi connectivity index (χ3n) is 8.15. The zero-order valence-electron chi connectivity index (χ0n) is 23.1. The van der Waals surface area contributed by atoms with Crippen molar-refractivity contribution in [1.29, 1.82) is 0 Å². The summed E-state index contributed by atoms with van der Waals surface area (Å²) < 4.78 is 57.5. The summed E-state index contributed by atoms with van der Waals surface area (Å²) in [5.74, 6) is 0.878. The van der Waals surface area contributed by atoms with Gasteiger partial charge in [0.1, 0.15) is 11.4 Å². The van der Waals surface area contributed by atoms with Crippen LogP contribution in [-0.4, -0.2) is 73.5 Å². The molecule has 12 heteroatoms. The van der Waals surface area contributed by atoms with E-state index >= 15 is 0 Å². The van der Waals surface area contributed by atoms with Crippen LogP contribution in [0.3, 0.4) is 0 Å². The van der Waals surface area contributed by atoms with E-state index in [-0.39, 0.29) is 56.0 Å². The lowest BCUT2D eigenvalue weighted by Crippen LogP contribution is -2.42. The van der Waals surface area contributed by atoms with E-state index in [4.69, 9.17) is 0 Å². The van der Waals surface area contributed by atoms with Crippen molar-refractivity contribution in [2.75, 3.05) is 26.2 Å². The maximum atomic E-state index is 13.6. The van der Waals surface area contributed by atoms with Crippen LogP contribution in [0.1, 0.15) is 62.8 Å². The van der Waals surface area contributed by atoms with Crippen molar-refractivity contribution in [2.45, 2.75) is 50.3 Å². The number of benzene rings is 2. The van der Waals surface area contributed by atoms with Crippen LogP contribution in [-0.2, 0) is 20.0 Å². The van der Waals surface area contributed by atoms with Gasteiger partial charge < -0.3 is 10.4 Å². The molecule has 5 rings (SSSR count). The minimum Gasteiger partial charge on any atom is -0.410 e. The van der Waals surface area contributed by atoms with Crippen LogP contribution in [0.2, 0.25) is 0 Å². The molecule has 0 unspecified atom stereocenters. The van der Waals surface area contributed by atoms with Gasteiger partial charge in [0.15, 0.2) is 0 Å². The van der Waals surface area contributed by atoms with E-state index in [0.29, 0.717) is 37.3 Å². The Bertz CT molecular complexity index is 1470. The number of piperidine rings is 2. The van der Waals surface area contributed by atoms with Gasteiger partial charge in [-0.2, -0.15) is 8.61 Å². The molecule has 40 heavy (non-hydrogen) atoms. The van der Waals surface area contributed by atoms with Gasteiger partial charge in [-0.3, -0.25) is 0 Å². The molecule has 3 aliphatic rings. The summed E-state index contributed by atoms with van der Waals surface area (Å²) in [4.78, 5) is 0.0454. The van der Waals surface area contributed by atoms with E-state index in [0.717, 1.165) is 12.8 Å². The first-order valence-electron chi connectivity index (χ1n) is 13.6. The SMILES string of the molecule is C[C@@H]1C[C@H](C)CN(S(=O)(=O)c2ccc3c(c2)C(=NO)c2cc(S(=O)(=O)N4C[C@H](C)C[C@H](C)C4)ccc2C3=NO)C1. The predicted molar refractivity (Wildman–Crippen MR) is 151 cm³/mol. The number of rotatable bonds is 4. The second-order valence-corrected chi connectivity index (χ2v) is 15.7. The molecular weight excluding hydrogens is 552 g/mol. The molecule has 2 aromatic carbocycles. The van der Waals surface area contributed by atoms with Crippen LogP contribution < -0.4 is 0 Å². The summed E-state index contributed by atoms with van der Waals surface area (Å²) in [7, 11) is -7.72. The Morgan fingerprint density at radius 3 is 1.25 bits per heavy atom. The zero-order chi connectivity index (χ0) is 29.0. The molecule has 2 aromatic rings. The fourth-order valence-corrected chi connectivity index (χ4v) is 9.99. The van der Waals surface area contributed by atoms with Crippen LogP contribution in [0.25, 0.3) is 0 Å². The lowest BCUT2D eigenvalue weighted by atomic mass is 9.83. The largest absolute Gasteiger partial charge is 0.410 e. The van der Waals surface area contributed by atoms with Gasteiger partial charge in [0, 0.05) is 48.4 Å². The van der Waals surface area contributed by atoms with Gasteiger partial charge in [0.2, 0.25) is 20.0 Å². The fraction of sp³-hybridized carbons (Fsp3) is 0.500. The highest BCUT2D eigenvalue weighted by molar-refractivity contribution is 7.89. The van der Waals surface area contributed by atoms with Crippen molar-refractivity contribution in [2.24, 2.45) is 34.0 Å². The van der Waals surface area contributed by atoms with Crippen molar-refractivity contribution < 1.29 is 27.3 Å². The number of sulfonamides is 2. The van der Waals surface area contributed by atoms with Gasteiger partial charge in [-0.15, -0.1) is 0 Å². The topological polar surface area (TPSA) is 140 Å². The lowest BCUT2D eigenvalue weighted by Gasteiger charge is -2.34. The molecule has 2 aliphatic heterocycles. The van der Waals surface area contributed by atoms with Crippen molar-refractivity contribution in [3.05, 3.63) is 58.7 Å². The normalized spacial score (nSPS) is 26.2. The van der Waals surface area contributed by atoms with E-state index in [1.807, 2.05) is 27.7 Å². The summed E-state index contributed by atoms with van der Waals surface area (Å²) in [6.07, 6.45) is 1.90. The minimum atomic E-state index is -3.86. The highest BCUT2D eigenvalue weighted by atomic mass is 32.2. The summed E-state index contributed by atoms with van der Waals surface area (Å²) in [5, 5.41) is 27.0. The van der Waals surface area contributed by atoms with Crippen LogP contribution in [0.15, 0.2) is 56.5 Å². The van der Waals surface area contributed by atoms with Crippen molar-refractivity contribution >= 4 is 31.5 Å². The molecule has 2 fully saturated rings. The summed E-state index contributed by atoms with van der Waals surface area (Å²) >= 11 is 0. The summed E-state index contributed by atoms with van der Waals surface area (Å²) in [5.41, 5.74) is 1.35. The Morgan fingerprint density at radius 2 is 0.925 bits per heavy atom. The molecule has 0 spiro atoms. The Morgan fingerprint density at radius 1 is 0.600 bits per heavy atom. The van der Waals surface area contributed by atoms with Crippen LogP contribution in [0.4, 0.5) is 0 Å². The van der Waals surface area contributed by atoms with E-state index < -0.39 is 20.0 Å². The van der Waals surface area contributed by atoms with E-state index in [9.17, 15) is 27.3 Å². The van der Waals surface area contributed by atoms with Gasteiger partial charge in [0.05, 0.1) is 9.79 Å². The number of nitrogens with zero attached hydrogens (tertiary/aromatic N) is 4. The van der Waals surface area contributed by atoms with Crippen molar-refractivity contribution in [3.8, 4) is 0 Å². The molecule has 0 aromatic heterocycles. The molecule has 2 N–H and O–H groups in total. The molecule has 0 radical (unpaired) electrons. The quantitative estimate of drug-likeness (QED) is 0.351. The minimum absolute atomic E-state index is 0.00672. The Kier molecular flexibility index (Phi) is 7.58. The number of hydrogen-bond donors (Lipinski definition) is 2. The van der Waals surface area contributed by atoms with Crippen molar-refractivity contribution in [3.63, 3.8) is 0 Å². The summed E-state index contributed by atoms with van der Waals surface area (Å²) in [6.45, 7) is 9.74. The van der Waals surface area contributed by atoms with Gasteiger partial charge in [-0.1, -0.05) is 50.1 Å². The molecule has 0 saturated carbocycles. The van der Waals surface area contributed by atoms with Crippen molar-refractivity contribution in [1.82, 2.24) is 8.61 Å². The highest BCUT2D eigenvalue weighted by Crippen LogP contribution is 2.35. The average molecular weight is 589 g/mol. The van der Waals surface area contributed by atoms with Gasteiger partial charge in [-0.05, 0) is 60.8 Å². The molecule has 2 heterocycles. The molecule has 1 aliphatic carbocycles. The highest BCUT2D eigenvalue weighted by Gasteiger charge is 2.36. The molecule has 2 saturated heterocycles. The Hall–Kier alpha value is -2.80. The first kappa shape index (κ1) is 28.7. The van der Waals surface area contributed by atoms with E-state index in [1.165, 1.54) is 45.0 Å². The van der Waals surface area contributed by atoms with Gasteiger partial charge >= 0.3 is 0 Å². The first-order chi connectivity index (χ1) is 18.9. The number of fused-ring (bicyclic) bond motifs is 2. The Balaban J connectivity index is 1.58. The van der Waals surface area contributed by atoms with Crippen LogP contribution in [0.5, 0.6) is 0 Å².